The zero-order valence-corrected chi connectivity index (χ0v) is 13.9. The average molecular weight is 322 g/mol. The molecule has 2 aromatic rings. The number of anilines is 1. The largest absolute Gasteiger partial charge is 0.338 e. The van der Waals surface area contributed by atoms with Gasteiger partial charge >= 0.3 is 0 Å². The van der Waals surface area contributed by atoms with Crippen LogP contribution in [0.15, 0.2) is 54.6 Å². The van der Waals surface area contributed by atoms with Gasteiger partial charge in [-0.25, -0.2) is 0 Å². The molecule has 1 unspecified atom stereocenters. The second-order valence-electron chi connectivity index (χ2n) is 6.09. The van der Waals surface area contributed by atoms with Crippen molar-refractivity contribution in [2.24, 2.45) is 0 Å². The maximum absolute atomic E-state index is 12.9. The third-order valence-electron chi connectivity index (χ3n) is 4.50. The van der Waals surface area contributed by atoms with Gasteiger partial charge in [0, 0.05) is 25.4 Å². The lowest BCUT2D eigenvalue weighted by Crippen LogP contribution is -2.29. The molecular formula is C20H22N2O2. The van der Waals surface area contributed by atoms with Crippen LogP contribution in [0.2, 0.25) is 0 Å². The zero-order valence-electron chi connectivity index (χ0n) is 13.9. The summed E-state index contributed by atoms with van der Waals surface area (Å²) < 4.78 is 0. The standard InChI is InChI=1S/C20H22N2O2/c1-2-19(23)21-18-11-7-6-10-17(18)20(24)22-13-12-16(14-22)15-8-4-3-5-9-15/h3-11,16H,2,12-14H2,1H3,(H,21,23). The summed E-state index contributed by atoms with van der Waals surface area (Å²) in [4.78, 5) is 26.5. The molecule has 24 heavy (non-hydrogen) atoms. The second-order valence-corrected chi connectivity index (χ2v) is 6.09. The highest BCUT2D eigenvalue weighted by molar-refractivity contribution is 6.03. The first kappa shape index (κ1) is 16.2. The van der Waals surface area contributed by atoms with Crippen LogP contribution in [0, 0.1) is 0 Å². The summed E-state index contributed by atoms with van der Waals surface area (Å²) in [5, 5.41) is 2.82. The Balaban J connectivity index is 1.75. The van der Waals surface area contributed by atoms with E-state index >= 15 is 0 Å². The third kappa shape index (κ3) is 3.48. The van der Waals surface area contributed by atoms with E-state index in [1.54, 1.807) is 19.1 Å². The monoisotopic (exact) mass is 322 g/mol. The highest BCUT2D eigenvalue weighted by Gasteiger charge is 2.29. The molecule has 1 fully saturated rings. The molecule has 0 aromatic heterocycles. The number of nitrogens with zero attached hydrogens (tertiary/aromatic N) is 1. The van der Waals surface area contributed by atoms with Crippen LogP contribution < -0.4 is 5.32 Å². The van der Waals surface area contributed by atoms with E-state index in [1.165, 1.54) is 5.56 Å². The van der Waals surface area contributed by atoms with Crippen molar-refractivity contribution >= 4 is 17.5 Å². The molecule has 0 aliphatic carbocycles. The van der Waals surface area contributed by atoms with Crippen LogP contribution in [0.4, 0.5) is 5.69 Å². The molecule has 1 saturated heterocycles. The molecule has 2 amide bonds. The number of nitrogens with one attached hydrogen (secondary N) is 1. The lowest BCUT2D eigenvalue weighted by Gasteiger charge is -2.19. The van der Waals surface area contributed by atoms with Crippen molar-refractivity contribution in [2.45, 2.75) is 25.7 Å². The van der Waals surface area contributed by atoms with Crippen molar-refractivity contribution in [2.75, 3.05) is 18.4 Å². The Bertz CT molecular complexity index is 727. The molecule has 1 atom stereocenters. The number of rotatable bonds is 4. The normalized spacial score (nSPS) is 16.9. The highest BCUT2D eigenvalue weighted by atomic mass is 16.2. The fourth-order valence-corrected chi connectivity index (χ4v) is 3.13. The first-order chi connectivity index (χ1) is 11.7. The Labute approximate surface area is 142 Å². The van der Waals surface area contributed by atoms with Crippen molar-refractivity contribution in [3.8, 4) is 0 Å². The molecule has 1 aliphatic heterocycles. The molecule has 0 bridgehead atoms. The smallest absolute Gasteiger partial charge is 0.255 e. The molecular weight excluding hydrogens is 300 g/mol. The van der Waals surface area contributed by atoms with E-state index in [9.17, 15) is 9.59 Å². The van der Waals surface area contributed by atoms with Crippen molar-refractivity contribution in [1.29, 1.82) is 0 Å². The summed E-state index contributed by atoms with van der Waals surface area (Å²) in [7, 11) is 0. The van der Waals surface area contributed by atoms with E-state index < -0.39 is 0 Å². The summed E-state index contributed by atoms with van der Waals surface area (Å²) in [6.07, 6.45) is 1.36. The molecule has 0 saturated carbocycles. The molecule has 0 spiro atoms. The van der Waals surface area contributed by atoms with Gasteiger partial charge in [0.05, 0.1) is 11.3 Å². The minimum absolute atomic E-state index is 0.0135. The predicted molar refractivity (Wildman–Crippen MR) is 95.1 cm³/mol. The summed E-state index contributed by atoms with van der Waals surface area (Å²) >= 11 is 0. The van der Waals surface area contributed by atoms with Crippen LogP contribution in [-0.2, 0) is 4.79 Å². The maximum Gasteiger partial charge on any atom is 0.255 e. The summed E-state index contributed by atoms with van der Waals surface area (Å²) in [5.41, 5.74) is 2.44. The van der Waals surface area contributed by atoms with Crippen LogP contribution in [0.5, 0.6) is 0 Å². The number of amides is 2. The van der Waals surface area contributed by atoms with Crippen LogP contribution in [0.1, 0.15) is 41.6 Å². The van der Waals surface area contributed by atoms with E-state index in [-0.39, 0.29) is 11.8 Å². The third-order valence-corrected chi connectivity index (χ3v) is 4.50. The fraction of sp³-hybridized carbons (Fsp3) is 0.300. The minimum atomic E-state index is -0.0844. The number of carbonyl (C=O) groups excluding carboxylic acids is 2. The molecule has 124 valence electrons. The van der Waals surface area contributed by atoms with E-state index in [1.807, 2.05) is 35.2 Å². The van der Waals surface area contributed by atoms with Crippen LogP contribution in [-0.4, -0.2) is 29.8 Å². The molecule has 3 rings (SSSR count). The number of hydrogen-bond acceptors (Lipinski definition) is 2. The van der Waals surface area contributed by atoms with E-state index in [0.717, 1.165) is 19.5 Å². The number of likely N-dealkylation sites (tertiary alicyclic amines) is 1. The highest BCUT2D eigenvalue weighted by Crippen LogP contribution is 2.29. The van der Waals surface area contributed by atoms with Gasteiger partial charge in [-0.15, -0.1) is 0 Å². The SMILES string of the molecule is CCC(=O)Nc1ccccc1C(=O)N1CCC(c2ccccc2)C1. The zero-order chi connectivity index (χ0) is 16.9. The Morgan fingerprint density at radius 2 is 1.79 bits per heavy atom. The number of hydrogen-bond donors (Lipinski definition) is 1. The van der Waals surface area contributed by atoms with Crippen molar-refractivity contribution in [1.82, 2.24) is 4.90 Å². The average Bonchev–Trinajstić information content (AvgIpc) is 3.12. The van der Waals surface area contributed by atoms with Gasteiger partial charge in [0.1, 0.15) is 0 Å². The van der Waals surface area contributed by atoms with Gasteiger partial charge in [-0.05, 0) is 24.1 Å². The quantitative estimate of drug-likeness (QED) is 0.934. The van der Waals surface area contributed by atoms with Gasteiger partial charge in [-0.3, -0.25) is 9.59 Å². The minimum Gasteiger partial charge on any atom is -0.338 e. The molecule has 4 heteroatoms. The van der Waals surface area contributed by atoms with Crippen molar-refractivity contribution < 1.29 is 9.59 Å². The van der Waals surface area contributed by atoms with Crippen LogP contribution in [0.3, 0.4) is 0 Å². The van der Waals surface area contributed by atoms with E-state index in [2.05, 4.69) is 17.4 Å². The van der Waals surface area contributed by atoms with Gasteiger partial charge in [0.2, 0.25) is 5.91 Å². The van der Waals surface area contributed by atoms with Gasteiger partial charge in [0.15, 0.2) is 0 Å². The summed E-state index contributed by atoms with van der Waals surface area (Å²) in [6, 6.07) is 17.5. The predicted octanol–water partition coefficient (Wildman–Crippen LogP) is 3.66. The van der Waals surface area contributed by atoms with Crippen LogP contribution >= 0.6 is 0 Å². The van der Waals surface area contributed by atoms with E-state index in [0.29, 0.717) is 23.6 Å². The second kappa shape index (κ2) is 7.30. The molecule has 1 N–H and O–H groups in total. The number of para-hydroxylation sites is 1. The maximum atomic E-state index is 12.9. The van der Waals surface area contributed by atoms with Crippen molar-refractivity contribution in [3.63, 3.8) is 0 Å². The van der Waals surface area contributed by atoms with E-state index in [4.69, 9.17) is 0 Å². The van der Waals surface area contributed by atoms with Crippen molar-refractivity contribution in [3.05, 3.63) is 65.7 Å². The molecule has 1 aliphatic rings. The molecule has 4 nitrogen and oxygen atoms in total. The molecule has 0 radical (unpaired) electrons. The van der Waals surface area contributed by atoms with Gasteiger partial charge < -0.3 is 10.2 Å². The van der Waals surface area contributed by atoms with Crippen LogP contribution in [0.25, 0.3) is 0 Å². The summed E-state index contributed by atoms with van der Waals surface area (Å²) in [5.74, 6) is 0.284. The van der Waals surface area contributed by atoms with Gasteiger partial charge in [-0.1, -0.05) is 49.4 Å². The Morgan fingerprint density at radius 1 is 1.08 bits per heavy atom. The lowest BCUT2D eigenvalue weighted by molar-refractivity contribution is -0.115. The first-order valence-electron chi connectivity index (χ1n) is 8.42. The topological polar surface area (TPSA) is 49.4 Å². The van der Waals surface area contributed by atoms with Gasteiger partial charge in [0.25, 0.3) is 5.91 Å². The lowest BCUT2D eigenvalue weighted by atomic mass is 9.99. The Hall–Kier alpha value is -2.62. The fourth-order valence-electron chi connectivity index (χ4n) is 3.13. The Morgan fingerprint density at radius 3 is 2.54 bits per heavy atom. The molecule has 2 aromatic carbocycles. The molecule has 1 heterocycles. The first-order valence-corrected chi connectivity index (χ1v) is 8.42. The Kier molecular flexibility index (Phi) is 4.94. The van der Waals surface area contributed by atoms with Gasteiger partial charge in [-0.2, -0.15) is 0 Å². The summed E-state index contributed by atoms with van der Waals surface area (Å²) in [6.45, 7) is 3.26. The number of carbonyl (C=O) groups is 2. The number of benzene rings is 2.